The minimum atomic E-state index is -0.196. The Balaban J connectivity index is 1.37. The predicted octanol–water partition coefficient (Wildman–Crippen LogP) is 5.76. The van der Waals surface area contributed by atoms with Crippen molar-refractivity contribution in [1.82, 2.24) is 15.0 Å². The van der Waals surface area contributed by atoms with Crippen LogP contribution in [0, 0.1) is 6.92 Å². The molecule has 0 bridgehead atoms. The molecule has 0 saturated carbocycles. The fourth-order valence-corrected chi connectivity index (χ4v) is 3.77. The number of hydrogen-bond donors (Lipinski definition) is 1. The predicted molar refractivity (Wildman–Crippen MR) is 113 cm³/mol. The van der Waals surface area contributed by atoms with Crippen LogP contribution in [0.1, 0.15) is 30.2 Å². The van der Waals surface area contributed by atoms with Crippen molar-refractivity contribution in [1.29, 1.82) is 0 Å². The standard InChI is InChI=1S/C21H20Cl2N4O2/c1-13-4-2-5-15(12-13)19-25-20(29-26-19)14-8-10-27(11-9-14)21(28)24-17-7-3-6-16(22)18(17)23/h2-7,12,14H,8-11H2,1H3,(H,24,28). The number of rotatable bonds is 3. The fourth-order valence-electron chi connectivity index (χ4n) is 3.43. The van der Waals surface area contributed by atoms with Crippen LogP contribution in [0.25, 0.3) is 11.4 Å². The summed E-state index contributed by atoms with van der Waals surface area (Å²) in [6.45, 7) is 3.22. The second kappa shape index (κ2) is 8.43. The van der Waals surface area contributed by atoms with E-state index in [0.29, 0.717) is 40.5 Å². The number of amides is 2. The van der Waals surface area contributed by atoms with Gasteiger partial charge in [0.15, 0.2) is 0 Å². The maximum absolute atomic E-state index is 12.6. The number of nitrogens with zero attached hydrogens (tertiary/aromatic N) is 3. The summed E-state index contributed by atoms with van der Waals surface area (Å²) in [6, 6.07) is 13.0. The molecule has 29 heavy (non-hydrogen) atoms. The third-order valence-electron chi connectivity index (χ3n) is 5.04. The van der Waals surface area contributed by atoms with Gasteiger partial charge in [0.1, 0.15) is 0 Å². The summed E-state index contributed by atoms with van der Waals surface area (Å²) in [5.41, 5.74) is 2.59. The third kappa shape index (κ3) is 4.38. The van der Waals surface area contributed by atoms with Crippen LogP contribution in [0.4, 0.5) is 10.5 Å². The summed E-state index contributed by atoms with van der Waals surface area (Å²) in [7, 11) is 0. The van der Waals surface area contributed by atoms with Crippen molar-refractivity contribution in [2.75, 3.05) is 18.4 Å². The number of anilines is 1. The summed E-state index contributed by atoms with van der Waals surface area (Å²) in [5.74, 6) is 1.36. The van der Waals surface area contributed by atoms with Gasteiger partial charge in [-0.2, -0.15) is 4.98 Å². The molecule has 150 valence electrons. The quantitative estimate of drug-likeness (QED) is 0.572. The topological polar surface area (TPSA) is 71.3 Å². The average molecular weight is 431 g/mol. The highest BCUT2D eigenvalue weighted by atomic mass is 35.5. The minimum Gasteiger partial charge on any atom is -0.339 e. The summed E-state index contributed by atoms with van der Waals surface area (Å²) in [6.07, 6.45) is 1.51. The molecule has 2 amide bonds. The van der Waals surface area contributed by atoms with Crippen molar-refractivity contribution in [3.8, 4) is 11.4 Å². The highest BCUT2D eigenvalue weighted by molar-refractivity contribution is 6.43. The molecule has 2 heterocycles. The van der Waals surface area contributed by atoms with Crippen LogP contribution in [0.5, 0.6) is 0 Å². The van der Waals surface area contributed by atoms with Crippen molar-refractivity contribution >= 4 is 34.9 Å². The summed E-state index contributed by atoms with van der Waals surface area (Å²) in [5, 5.41) is 7.70. The lowest BCUT2D eigenvalue weighted by Gasteiger charge is -2.30. The summed E-state index contributed by atoms with van der Waals surface area (Å²) >= 11 is 12.2. The molecule has 0 spiro atoms. The van der Waals surface area contributed by atoms with Gasteiger partial charge in [0.2, 0.25) is 11.7 Å². The van der Waals surface area contributed by atoms with Gasteiger partial charge in [-0.3, -0.25) is 0 Å². The largest absolute Gasteiger partial charge is 0.339 e. The first-order valence-electron chi connectivity index (χ1n) is 9.42. The molecule has 0 atom stereocenters. The molecule has 0 unspecified atom stereocenters. The number of piperidine rings is 1. The number of halogens is 2. The van der Waals surface area contributed by atoms with Crippen molar-refractivity contribution in [2.24, 2.45) is 0 Å². The Morgan fingerprint density at radius 3 is 2.69 bits per heavy atom. The van der Waals surface area contributed by atoms with Crippen LogP contribution in [-0.4, -0.2) is 34.2 Å². The number of benzene rings is 2. The highest BCUT2D eigenvalue weighted by Gasteiger charge is 2.28. The number of aromatic nitrogens is 2. The van der Waals surface area contributed by atoms with Crippen molar-refractivity contribution in [2.45, 2.75) is 25.7 Å². The van der Waals surface area contributed by atoms with Gasteiger partial charge in [-0.1, -0.05) is 58.2 Å². The molecule has 1 aromatic heterocycles. The molecule has 1 aliphatic heterocycles. The molecule has 0 radical (unpaired) electrons. The van der Waals surface area contributed by atoms with Gasteiger partial charge in [-0.05, 0) is 38.0 Å². The van der Waals surface area contributed by atoms with Crippen LogP contribution < -0.4 is 5.32 Å². The van der Waals surface area contributed by atoms with Crippen molar-refractivity contribution < 1.29 is 9.32 Å². The Morgan fingerprint density at radius 2 is 1.93 bits per heavy atom. The van der Waals surface area contributed by atoms with Crippen LogP contribution in [0.15, 0.2) is 47.0 Å². The van der Waals surface area contributed by atoms with E-state index in [0.717, 1.165) is 24.0 Å². The van der Waals surface area contributed by atoms with E-state index in [-0.39, 0.29) is 11.9 Å². The lowest BCUT2D eigenvalue weighted by Crippen LogP contribution is -2.40. The number of nitrogens with one attached hydrogen (secondary N) is 1. The van der Waals surface area contributed by atoms with Crippen LogP contribution in [0.2, 0.25) is 10.0 Å². The Morgan fingerprint density at radius 1 is 1.17 bits per heavy atom. The zero-order valence-electron chi connectivity index (χ0n) is 15.9. The smallest absolute Gasteiger partial charge is 0.321 e. The van der Waals surface area contributed by atoms with E-state index < -0.39 is 0 Å². The third-order valence-corrected chi connectivity index (χ3v) is 5.86. The van der Waals surface area contributed by atoms with Gasteiger partial charge in [0.25, 0.3) is 0 Å². The first kappa shape index (κ1) is 19.7. The molecular weight excluding hydrogens is 411 g/mol. The van der Waals surface area contributed by atoms with E-state index >= 15 is 0 Å². The lowest BCUT2D eigenvalue weighted by molar-refractivity contribution is 0.187. The normalized spacial score (nSPS) is 14.8. The zero-order chi connectivity index (χ0) is 20.4. The molecule has 1 saturated heterocycles. The monoisotopic (exact) mass is 430 g/mol. The highest BCUT2D eigenvalue weighted by Crippen LogP contribution is 2.31. The molecule has 1 N–H and O–H groups in total. The number of aryl methyl sites for hydroxylation is 1. The molecule has 2 aromatic carbocycles. The van der Waals surface area contributed by atoms with E-state index in [1.165, 1.54) is 0 Å². The number of carbonyl (C=O) groups excluding carboxylic acids is 1. The molecule has 3 aromatic rings. The first-order valence-corrected chi connectivity index (χ1v) is 10.2. The Labute approximate surface area is 178 Å². The van der Waals surface area contributed by atoms with E-state index in [1.807, 2.05) is 31.2 Å². The SMILES string of the molecule is Cc1cccc(-c2noc(C3CCN(C(=O)Nc4cccc(Cl)c4Cl)CC3)n2)c1. The van der Waals surface area contributed by atoms with Gasteiger partial charge in [0.05, 0.1) is 15.7 Å². The number of urea groups is 1. The van der Waals surface area contributed by atoms with Gasteiger partial charge >= 0.3 is 6.03 Å². The molecule has 1 fully saturated rings. The molecule has 1 aliphatic rings. The van der Waals surface area contributed by atoms with Crippen molar-refractivity contribution in [3.05, 3.63) is 64.0 Å². The number of hydrogen-bond acceptors (Lipinski definition) is 4. The van der Waals surface area contributed by atoms with Gasteiger partial charge < -0.3 is 14.7 Å². The van der Waals surface area contributed by atoms with Crippen molar-refractivity contribution in [3.63, 3.8) is 0 Å². The maximum Gasteiger partial charge on any atom is 0.321 e. The zero-order valence-corrected chi connectivity index (χ0v) is 17.4. The molecule has 0 aliphatic carbocycles. The number of likely N-dealkylation sites (tertiary alicyclic amines) is 1. The second-order valence-electron chi connectivity index (χ2n) is 7.12. The summed E-state index contributed by atoms with van der Waals surface area (Å²) in [4.78, 5) is 18.9. The molecular formula is C21H20Cl2N4O2. The molecule has 4 rings (SSSR count). The lowest BCUT2D eigenvalue weighted by atomic mass is 9.97. The average Bonchev–Trinajstić information content (AvgIpc) is 3.22. The fraction of sp³-hybridized carbons (Fsp3) is 0.286. The van der Waals surface area contributed by atoms with E-state index in [1.54, 1.807) is 23.1 Å². The van der Waals surface area contributed by atoms with Crippen LogP contribution in [0.3, 0.4) is 0 Å². The van der Waals surface area contributed by atoms with Gasteiger partial charge in [-0.25, -0.2) is 4.79 Å². The maximum atomic E-state index is 12.6. The van der Waals surface area contributed by atoms with Crippen LogP contribution >= 0.6 is 23.2 Å². The molecule has 8 heteroatoms. The van der Waals surface area contributed by atoms with Crippen LogP contribution in [-0.2, 0) is 0 Å². The summed E-state index contributed by atoms with van der Waals surface area (Å²) < 4.78 is 5.51. The Bertz CT molecular complexity index is 1030. The Kier molecular flexibility index (Phi) is 5.74. The van der Waals surface area contributed by atoms with Gasteiger partial charge in [0, 0.05) is 24.6 Å². The molecule has 6 nitrogen and oxygen atoms in total. The number of carbonyl (C=O) groups is 1. The Hall–Kier alpha value is -2.57. The van der Waals surface area contributed by atoms with Gasteiger partial charge in [-0.15, -0.1) is 0 Å². The minimum absolute atomic E-state index is 0.139. The van der Waals surface area contributed by atoms with E-state index in [4.69, 9.17) is 27.7 Å². The van der Waals surface area contributed by atoms with E-state index in [2.05, 4.69) is 15.5 Å². The second-order valence-corrected chi connectivity index (χ2v) is 7.90. The van der Waals surface area contributed by atoms with E-state index in [9.17, 15) is 4.79 Å². The first-order chi connectivity index (χ1) is 14.0.